The fourth-order valence-corrected chi connectivity index (χ4v) is 4.69. The van der Waals surface area contributed by atoms with Gasteiger partial charge in [0.2, 0.25) is 11.8 Å². The summed E-state index contributed by atoms with van der Waals surface area (Å²) in [5.74, 6) is 1.99. The third-order valence-electron chi connectivity index (χ3n) is 6.50. The Morgan fingerprint density at radius 1 is 1.18 bits per heavy atom. The number of benzene rings is 1. The van der Waals surface area contributed by atoms with Crippen molar-refractivity contribution >= 4 is 11.8 Å². The van der Waals surface area contributed by atoms with Crippen LogP contribution in [0, 0.1) is 17.8 Å². The van der Waals surface area contributed by atoms with E-state index < -0.39 is 0 Å². The molecular formula is C24H36N2O2. The standard InChI is InChI=1S/C24H36N2O2/c1-6-9-17(13-25-21(27)7-2)23(28)26-14-19-20(15-26)22(19)16-10-8-11-18(12-16)24(3,4)5/h8,10-12,17,19-20,22H,6-7,9,13-15H2,1-5H3,(H,25,27)/t17-,19-,20+,22?/m1/s1. The van der Waals surface area contributed by atoms with Crippen LogP contribution in [-0.2, 0) is 15.0 Å². The Kier molecular flexibility index (Phi) is 6.16. The van der Waals surface area contributed by atoms with Gasteiger partial charge in [0.25, 0.3) is 0 Å². The first kappa shape index (κ1) is 20.9. The second-order valence-corrected chi connectivity index (χ2v) is 9.62. The molecule has 4 nitrogen and oxygen atoms in total. The maximum atomic E-state index is 13.0. The van der Waals surface area contributed by atoms with Crippen molar-refractivity contribution in [3.8, 4) is 0 Å². The first-order valence-corrected chi connectivity index (χ1v) is 10.9. The lowest BCUT2D eigenvalue weighted by atomic mass is 9.85. The van der Waals surface area contributed by atoms with E-state index in [9.17, 15) is 9.59 Å². The summed E-state index contributed by atoms with van der Waals surface area (Å²) in [6, 6.07) is 9.03. The second-order valence-electron chi connectivity index (χ2n) is 9.62. The maximum Gasteiger partial charge on any atom is 0.227 e. The van der Waals surface area contributed by atoms with Crippen LogP contribution in [0.25, 0.3) is 0 Å². The molecule has 1 heterocycles. The van der Waals surface area contributed by atoms with Crippen molar-refractivity contribution in [2.75, 3.05) is 19.6 Å². The molecule has 154 valence electrons. The Bertz CT molecular complexity index is 710. The molecule has 3 rings (SSSR count). The van der Waals surface area contributed by atoms with Gasteiger partial charge in [0.1, 0.15) is 0 Å². The monoisotopic (exact) mass is 384 g/mol. The predicted octanol–water partition coefficient (Wildman–Crippen LogP) is 4.10. The van der Waals surface area contributed by atoms with E-state index >= 15 is 0 Å². The summed E-state index contributed by atoms with van der Waals surface area (Å²) in [7, 11) is 0. The van der Waals surface area contributed by atoms with Crippen LogP contribution < -0.4 is 5.32 Å². The largest absolute Gasteiger partial charge is 0.355 e. The maximum absolute atomic E-state index is 13.0. The van der Waals surface area contributed by atoms with Crippen LogP contribution in [0.5, 0.6) is 0 Å². The lowest BCUT2D eigenvalue weighted by Gasteiger charge is -2.26. The first-order chi connectivity index (χ1) is 13.3. The average molecular weight is 385 g/mol. The molecule has 2 aliphatic rings. The summed E-state index contributed by atoms with van der Waals surface area (Å²) in [5, 5.41) is 2.91. The Balaban J connectivity index is 1.59. The zero-order chi connectivity index (χ0) is 20.5. The quantitative estimate of drug-likeness (QED) is 0.769. The number of carbonyl (C=O) groups excluding carboxylic acids is 2. The SMILES string of the molecule is CCC[C@H](CNC(=O)CC)C(=O)N1C[C@@H]2C(c3cccc(C(C)(C)C)c3)[C@@H]2C1. The van der Waals surface area contributed by atoms with Crippen molar-refractivity contribution in [3.05, 3.63) is 35.4 Å². The molecule has 1 aliphatic heterocycles. The molecule has 1 saturated heterocycles. The summed E-state index contributed by atoms with van der Waals surface area (Å²) in [4.78, 5) is 26.6. The molecule has 1 aliphatic carbocycles. The van der Waals surface area contributed by atoms with Crippen molar-refractivity contribution in [2.45, 2.75) is 65.2 Å². The molecule has 0 bridgehead atoms. The average Bonchev–Trinajstić information content (AvgIpc) is 3.17. The van der Waals surface area contributed by atoms with Gasteiger partial charge in [0.15, 0.2) is 0 Å². The van der Waals surface area contributed by atoms with Crippen LogP contribution in [0.2, 0.25) is 0 Å². The van der Waals surface area contributed by atoms with Crippen LogP contribution in [0.15, 0.2) is 24.3 Å². The van der Waals surface area contributed by atoms with Gasteiger partial charge in [-0.05, 0) is 40.7 Å². The van der Waals surface area contributed by atoms with E-state index in [4.69, 9.17) is 0 Å². The van der Waals surface area contributed by atoms with E-state index in [2.05, 4.69) is 62.2 Å². The predicted molar refractivity (Wildman–Crippen MR) is 113 cm³/mol. The van der Waals surface area contributed by atoms with E-state index in [0.29, 0.717) is 30.7 Å². The van der Waals surface area contributed by atoms with Crippen molar-refractivity contribution < 1.29 is 9.59 Å². The van der Waals surface area contributed by atoms with Gasteiger partial charge in [-0.2, -0.15) is 0 Å². The zero-order valence-corrected chi connectivity index (χ0v) is 18.1. The molecule has 1 saturated carbocycles. The molecule has 0 spiro atoms. The van der Waals surface area contributed by atoms with Gasteiger partial charge in [-0.25, -0.2) is 0 Å². The van der Waals surface area contributed by atoms with Crippen molar-refractivity contribution in [1.29, 1.82) is 0 Å². The molecule has 1 aromatic carbocycles. The van der Waals surface area contributed by atoms with Gasteiger partial charge in [-0.1, -0.05) is 65.3 Å². The van der Waals surface area contributed by atoms with E-state index in [1.807, 2.05) is 6.92 Å². The Morgan fingerprint density at radius 2 is 1.86 bits per heavy atom. The highest BCUT2D eigenvalue weighted by molar-refractivity contribution is 5.81. The molecule has 2 fully saturated rings. The van der Waals surface area contributed by atoms with Crippen LogP contribution >= 0.6 is 0 Å². The fourth-order valence-electron chi connectivity index (χ4n) is 4.69. The summed E-state index contributed by atoms with van der Waals surface area (Å²) in [6.07, 6.45) is 2.27. The van der Waals surface area contributed by atoms with Gasteiger partial charge < -0.3 is 10.2 Å². The normalized spacial score (nSPS) is 24.6. The number of amides is 2. The third kappa shape index (κ3) is 4.42. The highest BCUT2D eigenvalue weighted by Crippen LogP contribution is 2.58. The number of hydrogen-bond donors (Lipinski definition) is 1. The molecule has 0 radical (unpaired) electrons. The van der Waals surface area contributed by atoms with Crippen LogP contribution in [-0.4, -0.2) is 36.3 Å². The Morgan fingerprint density at radius 3 is 2.43 bits per heavy atom. The molecular weight excluding hydrogens is 348 g/mol. The van der Waals surface area contributed by atoms with Crippen LogP contribution in [0.1, 0.15) is 70.9 Å². The number of piperidine rings is 1. The number of rotatable bonds is 7. The molecule has 2 amide bonds. The van der Waals surface area contributed by atoms with Gasteiger partial charge >= 0.3 is 0 Å². The third-order valence-corrected chi connectivity index (χ3v) is 6.50. The van der Waals surface area contributed by atoms with E-state index in [1.165, 1.54) is 11.1 Å². The van der Waals surface area contributed by atoms with Gasteiger partial charge in [0, 0.05) is 26.1 Å². The second kappa shape index (κ2) is 8.26. The van der Waals surface area contributed by atoms with Crippen molar-refractivity contribution in [2.24, 2.45) is 17.8 Å². The molecule has 4 heteroatoms. The number of carbonyl (C=O) groups is 2. The van der Waals surface area contributed by atoms with Gasteiger partial charge in [0.05, 0.1) is 5.92 Å². The smallest absolute Gasteiger partial charge is 0.227 e. The lowest BCUT2D eigenvalue weighted by Crippen LogP contribution is -2.41. The minimum absolute atomic E-state index is 0.0250. The molecule has 0 aromatic heterocycles. The minimum Gasteiger partial charge on any atom is -0.355 e. The molecule has 28 heavy (non-hydrogen) atoms. The van der Waals surface area contributed by atoms with E-state index in [-0.39, 0.29) is 23.1 Å². The molecule has 4 atom stereocenters. The lowest BCUT2D eigenvalue weighted by molar-refractivity contribution is -0.135. The number of nitrogens with one attached hydrogen (secondary N) is 1. The number of hydrogen-bond acceptors (Lipinski definition) is 2. The number of fused-ring (bicyclic) bond motifs is 1. The number of likely N-dealkylation sites (tertiary alicyclic amines) is 1. The highest BCUT2D eigenvalue weighted by Gasteiger charge is 2.57. The van der Waals surface area contributed by atoms with Gasteiger partial charge in [-0.3, -0.25) is 9.59 Å². The topological polar surface area (TPSA) is 49.4 Å². The van der Waals surface area contributed by atoms with Crippen molar-refractivity contribution in [1.82, 2.24) is 10.2 Å². The summed E-state index contributed by atoms with van der Waals surface area (Å²) < 4.78 is 0. The van der Waals surface area contributed by atoms with Crippen LogP contribution in [0.4, 0.5) is 0 Å². The highest BCUT2D eigenvalue weighted by atomic mass is 16.2. The minimum atomic E-state index is -0.0827. The van der Waals surface area contributed by atoms with Gasteiger partial charge in [-0.15, -0.1) is 0 Å². The van der Waals surface area contributed by atoms with Crippen molar-refractivity contribution in [3.63, 3.8) is 0 Å². The zero-order valence-electron chi connectivity index (χ0n) is 18.1. The molecule has 1 aromatic rings. The molecule has 1 unspecified atom stereocenters. The first-order valence-electron chi connectivity index (χ1n) is 10.9. The van der Waals surface area contributed by atoms with E-state index in [1.54, 1.807) is 0 Å². The molecule has 1 N–H and O–H groups in total. The summed E-state index contributed by atoms with van der Waals surface area (Å²) >= 11 is 0. The van der Waals surface area contributed by atoms with E-state index in [0.717, 1.165) is 25.9 Å². The number of nitrogens with zero attached hydrogens (tertiary/aromatic N) is 1. The summed E-state index contributed by atoms with van der Waals surface area (Å²) in [5.41, 5.74) is 2.99. The fraction of sp³-hybridized carbons (Fsp3) is 0.667. The Labute approximate surface area is 170 Å². The Hall–Kier alpha value is -1.84. The van der Waals surface area contributed by atoms with Crippen LogP contribution in [0.3, 0.4) is 0 Å². The summed E-state index contributed by atoms with van der Waals surface area (Å²) in [6.45, 7) is 12.9.